The molecule has 2 amide bonds. The molecule has 3 aromatic rings. The van der Waals surface area contributed by atoms with Crippen LogP contribution in [-0.4, -0.2) is 54.5 Å². The Labute approximate surface area is 198 Å². The molecule has 5 rings (SSSR count). The van der Waals surface area contributed by atoms with Gasteiger partial charge in [-0.25, -0.2) is 9.88 Å². The number of ether oxygens (including phenoxy) is 1. The lowest BCUT2D eigenvalue weighted by atomic mass is 10.0. The minimum absolute atomic E-state index is 0.302. The summed E-state index contributed by atoms with van der Waals surface area (Å²) in [4.78, 5) is 37.4. The molecular weight excluding hydrogens is 428 g/mol. The van der Waals surface area contributed by atoms with Crippen molar-refractivity contribution < 1.29 is 14.3 Å². The third-order valence-electron chi connectivity index (χ3n) is 6.08. The van der Waals surface area contributed by atoms with Crippen LogP contribution >= 0.6 is 0 Å². The number of benzene rings is 2. The molecule has 2 aliphatic heterocycles. The molecule has 3 heterocycles. The Morgan fingerprint density at radius 3 is 2.26 bits per heavy atom. The fraction of sp³-hybridized carbons (Fsp3) is 0.222. The van der Waals surface area contributed by atoms with Crippen molar-refractivity contribution in [1.82, 2.24) is 9.88 Å². The standard InChI is InChI=1S/C27H26N4O3/c1-2-34-22-12-8-11-21(19-22)31-26(32)24(20-9-4-3-5-10-20)25(27(31)33)30-17-15-29(16-18-30)23-13-6-7-14-28-23/h3-14,19H,2,15-18H2,1H3. The highest BCUT2D eigenvalue weighted by atomic mass is 16.5. The number of pyridine rings is 1. The molecule has 1 saturated heterocycles. The van der Waals surface area contributed by atoms with E-state index in [2.05, 4.69) is 9.88 Å². The summed E-state index contributed by atoms with van der Waals surface area (Å²) in [5, 5.41) is 0. The number of rotatable bonds is 6. The maximum Gasteiger partial charge on any atom is 0.282 e. The molecule has 34 heavy (non-hydrogen) atoms. The van der Waals surface area contributed by atoms with Gasteiger partial charge in [0.15, 0.2) is 0 Å². The van der Waals surface area contributed by atoms with Gasteiger partial charge in [0.1, 0.15) is 17.3 Å². The van der Waals surface area contributed by atoms with Gasteiger partial charge in [-0.15, -0.1) is 0 Å². The smallest absolute Gasteiger partial charge is 0.282 e. The van der Waals surface area contributed by atoms with Gasteiger partial charge in [-0.2, -0.15) is 0 Å². The Hall–Kier alpha value is -4.13. The van der Waals surface area contributed by atoms with Crippen molar-refractivity contribution in [2.75, 3.05) is 42.6 Å². The first-order valence-electron chi connectivity index (χ1n) is 11.5. The molecule has 0 spiro atoms. The van der Waals surface area contributed by atoms with Gasteiger partial charge in [0.25, 0.3) is 11.8 Å². The number of piperazine rings is 1. The van der Waals surface area contributed by atoms with Crippen LogP contribution in [0.25, 0.3) is 5.57 Å². The number of imide groups is 1. The van der Waals surface area contributed by atoms with Crippen LogP contribution in [0.15, 0.2) is 84.7 Å². The molecule has 7 nitrogen and oxygen atoms in total. The van der Waals surface area contributed by atoms with E-state index in [9.17, 15) is 9.59 Å². The van der Waals surface area contributed by atoms with Gasteiger partial charge in [-0.1, -0.05) is 42.5 Å². The fourth-order valence-electron chi connectivity index (χ4n) is 4.49. The highest BCUT2D eigenvalue weighted by Gasteiger charge is 2.43. The minimum atomic E-state index is -0.313. The van der Waals surface area contributed by atoms with E-state index in [4.69, 9.17) is 4.74 Å². The van der Waals surface area contributed by atoms with Gasteiger partial charge in [0.2, 0.25) is 0 Å². The van der Waals surface area contributed by atoms with E-state index < -0.39 is 0 Å². The van der Waals surface area contributed by atoms with Crippen LogP contribution in [0, 0.1) is 0 Å². The van der Waals surface area contributed by atoms with Crippen molar-refractivity contribution >= 4 is 28.9 Å². The minimum Gasteiger partial charge on any atom is -0.494 e. The zero-order valence-corrected chi connectivity index (χ0v) is 19.1. The van der Waals surface area contributed by atoms with Gasteiger partial charge in [0, 0.05) is 38.4 Å². The number of hydrogen-bond donors (Lipinski definition) is 0. The van der Waals surface area contributed by atoms with Gasteiger partial charge < -0.3 is 14.5 Å². The second kappa shape index (κ2) is 9.39. The highest BCUT2D eigenvalue weighted by Crippen LogP contribution is 2.36. The van der Waals surface area contributed by atoms with Crippen molar-refractivity contribution in [2.24, 2.45) is 0 Å². The second-order valence-electron chi connectivity index (χ2n) is 8.13. The van der Waals surface area contributed by atoms with Crippen LogP contribution in [-0.2, 0) is 9.59 Å². The average molecular weight is 455 g/mol. The zero-order valence-electron chi connectivity index (χ0n) is 19.1. The summed E-state index contributed by atoms with van der Waals surface area (Å²) in [5.74, 6) is 0.928. The molecule has 0 unspecified atom stereocenters. The topological polar surface area (TPSA) is 66.0 Å². The van der Waals surface area contributed by atoms with Crippen LogP contribution in [0.4, 0.5) is 11.5 Å². The Morgan fingerprint density at radius 2 is 1.56 bits per heavy atom. The lowest BCUT2D eigenvalue weighted by molar-refractivity contribution is -0.120. The Bertz CT molecular complexity index is 1220. The molecule has 0 aliphatic carbocycles. The highest BCUT2D eigenvalue weighted by molar-refractivity contribution is 6.45. The molecule has 0 saturated carbocycles. The van der Waals surface area contributed by atoms with Crippen molar-refractivity contribution in [3.8, 4) is 5.75 Å². The van der Waals surface area contributed by atoms with Crippen molar-refractivity contribution in [2.45, 2.75) is 6.92 Å². The van der Waals surface area contributed by atoms with Crippen LogP contribution in [0.5, 0.6) is 5.75 Å². The molecule has 0 bridgehead atoms. The largest absolute Gasteiger partial charge is 0.494 e. The SMILES string of the molecule is CCOc1cccc(N2C(=O)C(c3ccccc3)=C(N3CCN(c4ccccn4)CC3)C2=O)c1. The molecule has 1 aromatic heterocycles. The van der Waals surface area contributed by atoms with E-state index in [1.54, 1.807) is 24.4 Å². The first-order valence-corrected chi connectivity index (χ1v) is 11.5. The quantitative estimate of drug-likeness (QED) is 0.531. The number of anilines is 2. The Kier molecular flexibility index (Phi) is 5.99. The van der Waals surface area contributed by atoms with Gasteiger partial charge >= 0.3 is 0 Å². The fourth-order valence-corrected chi connectivity index (χ4v) is 4.49. The van der Waals surface area contributed by atoms with E-state index >= 15 is 0 Å². The lowest BCUT2D eigenvalue weighted by Crippen LogP contribution is -2.48. The molecule has 2 aliphatic rings. The monoisotopic (exact) mass is 454 g/mol. The number of carbonyl (C=O) groups excluding carboxylic acids is 2. The number of amides is 2. The maximum atomic E-state index is 13.8. The molecule has 0 atom stereocenters. The van der Waals surface area contributed by atoms with Crippen molar-refractivity contribution in [3.05, 3.63) is 90.3 Å². The first kappa shape index (κ1) is 21.7. The number of nitrogens with zero attached hydrogens (tertiary/aromatic N) is 4. The summed E-state index contributed by atoms with van der Waals surface area (Å²) in [5.41, 5.74) is 2.15. The lowest BCUT2D eigenvalue weighted by Gasteiger charge is -2.37. The van der Waals surface area contributed by atoms with E-state index in [-0.39, 0.29) is 11.8 Å². The predicted octanol–water partition coefficient (Wildman–Crippen LogP) is 3.59. The summed E-state index contributed by atoms with van der Waals surface area (Å²) >= 11 is 0. The van der Waals surface area contributed by atoms with Gasteiger partial charge in [0.05, 0.1) is 17.9 Å². The number of aromatic nitrogens is 1. The molecule has 1 fully saturated rings. The summed E-state index contributed by atoms with van der Waals surface area (Å²) in [6, 6.07) is 22.4. The first-order chi connectivity index (χ1) is 16.7. The molecule has 0 radical (unpaired) electrons. The van der Waals surface area contributed by atoms with E-state index in [0.29, 0.717) is 55.5 Å². The van der Waals surface area contributed by atoms with E-state index in [1.807, 2.05) is 66.4 Å². The Morgan fingerprint density at radius 1 is 0.824 bits per heavy atom. The zero-order chi connectivity index (χ0) is 23.5. The van der Waals surface area contributed by atoms with Gasteiger partial charge in [-0.3, -0.25) is 9.59 Å². The molecule has 7 heteroatoms. The summed E-state index contributed by atoms with van der Waals surface area (Å²) in [7, 11) is 0. The second-order valence-corrected chi connectivity index (χ2v) is 8.13. The van der Waals surface area contributed by atoms with Crippen LogP contribution in [0.3, 0.4) is 0 Å². The van der Waals surface area contributed by atoms with Crippen molar-refractivity contribution in [3.63, 3.8) is 0 Å². The summed E-state index contributed by atoms with van der Waals surface area (Å²) < 4.78 is 5.60. The molecule has 0 N–H and O–H groups in total. The molecular formula is C27H26N4O3. The van der Waals surface area contributed by atoms with Crippen LogP contribution in [0.1, 0.15) is 12.5 Å². The molecule has 2 aromatic carbocycles. The third-order valence-corrected chi connectivity index (χ3v) is 6.08. The van der Waals surface area contributed by atoms with E-state index in [0.717, 1.165) is 11.4 Å². The summed E-state index contributed by atoms with van der Waals surface area (Å²) in [6.07, 6.45) is 1.78. The summed E-state index contributed by atoms with van der Waals surface area (Å²) in [6.45, 7) is 5.07. The van der Waals surface area contributed by atoms with Crippen molar-refractivity contribution in [1.29, 1.82) is 0 Å². The normalized spacial score (nSPS) is 16.4. The van der Waals surface area contributed by atoms with Gasteiger partial charge in [-0.05, 0) is 36.8 Å². The number of hydrogen-bond acceptors (Lipinski definition) is 6. The molecule has 172 valence electrons. The van der Waals surface area contributed by atoms with E-state index in [1.165, 1.54) is 4.90 Å². The predicted molar refractivity (Wildman–Crippen MR) is 131 cm³/mol. The van der Waals surface area contributed by atoms with Crippen LogP contribution < -0.4 is 14.5 Å². The number of carbonyl (C=O) groups is 2. The Balaban J connectivity index is 1.48. The van der Waals surface area contributed by atoms with Crippen LogP contribution in [0.2, 0.25) is 0 Å². The maximum absolute atomic E-state index is 13.8. The average Bonchev–Trinajstić information content (AvgIpc) is 3.15. The third kappa shape index (κ3) is 4.01.